The molecular weight excluding hydrogens is 268 g/mol. The van der Waals surface area contributed by atoms with Gasteiger partial charge in [0.2, 0.25) is 0 Å². The summed E-state index contributed by atoms with van der Waals surface area (Å²) in [6.45, 7) is 2.64. The van der Waals surface area contributed by atoms with E-state index in [-0.39, 0.29) is 5.78 Å². The summed E-state index contributed by atoms with van der Waals surface area (Å²) in [5.74, 6) is 0.239. The lowest BCUT2D eigenvalue weighted by atomic mass is 10.1. The zero-order chi connectivity index (χ0) is 14.5. The van der Waals surface area contributed by atoms with Crippen LogP contribution in [0, 0.1) is 0 Å². The van der Waals surface area contributed by atoms with E-state index in [4.69, 9.17) is 0 Å². The minimum Gasteiger partial charge on any atom is -0.308 e. The predicted octanol–water partition coefficient (Wildman–Crippen LogP) is 2.62. The predicted molar refractivity (Wildman–Crippen MR) is 85.7 cm³/mol. The molecule has 0 aromatic heterocycles. The van der Waals surface area contributed by atoms with Crippen LogP contribution >= 0.6 is 11.8 Å². The van der Waals surface area contributed by atoms with E-state index in [1.807, 2.05) is 30.5 Å². The van der Waals surface area contributed by atoms with Gasteiger partial charge in [-0.3, -0.25) is 9.69 Å². The molecule has 0 radical (unpaired) electrons. The number of benzene rings is 1. The highest BCUT2D eigenvalue weighted by molar-refractivity contribution is 7.98. The quantitative estimate of drug-likeness (QED) is 0.594. The Morgan fingerprint density at radius 3 is 2.65 bits per heavy atom. The van der Waals surface area contributed by atoms with E-state index in [1.54, 1.807) is 11.8 Å². The van der Waals surface area contributed by atoms with Crippen LogP contribution < -0.4 is 0 Å². The van der Waals surface area contributed by atoms with Crippen molar-refractivity contribution < 1.29 is 4.79 Å². The van der Waals surface area contributed by atoms with Crippen LogP contribution in [0.4, 0.5) is 0 Å². The second-order valence-electron chi connectivity index (χ2n) is 5.68. The highest BCUT2D eigenvalue weighted by Gasteiger charge is 2.26. The van der Waals surface area contributed by atoms with Gasteiger partial charge in [0.25, 0.3) is 0 Å². The molecular formula is C16H24N2OS. The third kappa shape index (κ3) is 4.08. The lowest BCUT2D eigenvalue weighted by Crippen LogP contribution is -2.40. The molecule has 0 N–H and O–H groups in total. The number of carbonyl (C=O) groups is 1. The van der Waals surface area contributed by atoms with Crippen molar-refractivity contribution in [1.82, 2.24) is 9.80 Å². The molecule has 0 amide bonds. The van der Waals surface area contributed by atoms with E-state index < -0.39 is 0 Å². The molecule has 1 aliphatic heterocycles. The summed E-state index contributed by atoms with van der Waals surface area (Å²) < 4.78 is 0. The largest absolute Gasteiger partial charge is 0.308 e. The second-order valence-corrected chi connectivity index (χ2v) is 6.56. The Kier molecular flexibility index (Phi) is 5.64. The van der Waals surface area contributed by atoms with Crippen molar-refractivity contribution >= 4 is 17.5 Å². The number of likely N-dealkylation sites (tertiary alicyclic amines) is 1. The Morgan fingerprint density at radius 1 is 1.35 bits per heavy atom. The molecule has 1 aromatic carbocycles. The van der Waals surface area contributed by atoms with Gasteiger partial charge in [-0.1, -0.05) is 12.1 Å². The van der Waals surface area contributed by atoms with Gasteiger partial charge < -0.3 is 4.90 Å². The van der Waals surface area contributed by atoms with Crippen LogP contribution in [0.3, 0.4) is 0 Å². The first-order chi connectivity index (χ1) is 9.60. The van der Waals surface area contributed by atoms with Crippen molar-refractivity contribution in [2.24, 2.45) is 0 Å². The third-order valence-corrected chi connectivity index (χ3v) is 4.58. The molecule has 2 rings (SSSR count). The Hall–Kier alpha value is -0.840. The number of hydrogen-bond acceptors (Lipinski definition) is 4. The molecule has 4 heteroatoms. The maximum atomic E-state index is 12.4. The van der Waals surface area contributed by atoms with E-state index in [0.717, 1.165) is 18.7 Å². The maximum absolute atomic E-state index is 12.4. The number of ketones is 1. The molecule has 1 aromatic rings. The SMILES string of the molecule is CSc1ccc(C(=O)CN2CCCC2CN(C)C)cc1. The average molecular weight is 292 g/mol. The topological polar surface area (TPSA) is 23.6 Å². The van der Waals surface area contributed by atoms with Crippen molar-refractivity contribution in [3.63, 3.8) is 0 Å². The smallest absolute Gasteiger partial charge is 0.176 e. The first-order valence-corrected chi connectivity index (χ1v) is 8.38. The third-order valence-electron chi connectivity index (χ3n) is 3.83. The summed E-state index contributed by atoms with van der Waals surface area (Å²) in [4.78, 5) is 18.1. The van der Waals surface area contributed by atoms with Crippen LogP contribution in [-0.4, -0.2) is 61.6 Å². The molecule has 1 heterocycles. The van der Waals surface area contributed by atoms with Crippen LogP contribution in [0.5, 0.6) is 0 Å². The lowest BCUT2D eigenvalue weighted by molar-refractivity contribution is 0.0910. The lowest BCUT2D eigenvalue weighted by Gasteiger charge is -2.26. The van der Waals surface area contributed by atoms with Crippen molar-refractivity contribution in [1.29, 1.82) is 0 Å². The van der Waals surface area contributed by atoms with Crippen LogP contribution in [0.1, 0.15) is 23.2 Å². The Balaban J connectivity index is 1.95. The van der Waals surface area contributed by atoms with E-state index in [2.05, 4.69) is 23.9 Å². The first kappa shape index (κ1) is 15.5. The van der Waals surface area contributed by atoms with Gasteiger partial charge >= 0.3 is 0 Å². The summed E-state index contributed by atoms with van der Waals surface area (Å²) >= 11 is 1.70. The van der Waals surface area contributed by atoms with Crippen LogP contribution in [0.15, 0.2) is 29.2 Å². The highest BCUT2D eigenvalue weighted by atomic mass is 32.2. The van der Waals surface area contributed by atoms with Gasteiger partial charge in [0.15, 0.2) is 5.78 Å². The van der Waals surface area contributed by atoms with Crippen molar-refractivity contribution in [2.75, 3.05) is 40.0 Å². The molecule has 1 unspecified atom stereocenters. The van der Waals surface area contributed by atoms with Crippen molar-refractivity contribution in [3.8, 4) is 0 Å². The van der Waals surface area contributed by atoms with Crippen molar-refractivity contribution in [3.05, 3.63) is 29.8 Å². The van der Waals surface area contributed by atoms with E-state index >= 15 is 0 Å². The molecule has 0 spiro atoms. The van der Waals surface area contributed by atoms with Gasteiger partial charge in [-0.15, -0.1) is 11.8 Å². The zero-order valence-corrected chi connectivity index (χ0v) is 13.4. The fourth-order valence-electron chi connectivity index (χ4n) is 2.78. The van der Waals surface area contributed by atoms with E-state index in [0.29, 0.717) is 12.6 Å². The molecule has 0 aliphatic carbocycles. The molecule has 0 bridgehead atoms. The molecule has 20 heavy (non-hydrogen) atoms. The molecule has 0 saturated carbocycles. The fraction of sp³-hybridized carbons (Fsp3) is 0.562. The minimum absolute atomic E-state index is 0.239. The number of thioether (sulfide) groups is 1. The standard InChI is InChI=1S/C16H24N2OS/c1-17(2)11-14-5-4-10-18(14)12-16(19)13-6-8-15(20-3)9-7-13/h6-9,14H,4-5,10-12H2,1-3H3. The summed E-state index contributed by atoms with van der Waals surface area (Å²) in [6, 6.07) is 8.48. The van der Waals surface area contributed by atoms with Gasteiger partial charge in [0, 0.05) is 23.0 Å². The molecule has 1 aliphatic rings. The Labute approximate surface area is 126 Å². The fourth-order valence-corrected chi connectivity index (χ4v) is 3.19. The number of Topliss-reactive ketones (excluding diaryl/α,β-unsaturated/α-hetero) is 1. The van der Waals surface area contributed by atoms with Crippen molar-refractivity contribution in [2.45, 2.75) is 23.8 Å². The first-order valence-electron chi connectivity index (χ1n) is 7.16. The molecule has 1 fully saturated rings. The zero-order valence-electron chi connectivity index (χ0n) is 12.6. The molecule has 3 nitrogen and oxygen atoms in total. The Morgan fingerprint density at radius 2 is 2.05 bits per heavy atom. The normalized spacial score (nSPS) is 19.7. The molecule has 1 saturated heterocycles. The van der Waals surface area contributed by atoms with E-state index in [9.17, 15) is 4.79 Å². The van der Waals surface area contributed by atoms with Gasteiger partial charge in [0.1, 0.15) is 0 Å². The molecule has 1 atom stereocenters. The second kappa shape index (κ2) is 7.25. The summed E-state index contributed by atoms with van der Waals surface area (Å²) in [6.07, 6.45) is 4.46. The molecule has 110 valence electrons. The summed E-state index contributed by atoms with van der Waals surface area (Å²) in [5.41, 5.74) is 0.832. The van der Waals surface area contributed by atoms with E-state index in [1.165, 1.54) is 17.7 Å². The van der Waals surface area contributed by atoms with Crippen LogP contribution in [0.25, 0.3) is 0 Å². The number of hydrogen-bond donors (Lipinski definition) is 0. The van der Waals surface area contributed by atoms with Gasteiger partial charge in [0.05, 0.1) is 6.54 Å². The number of likely N-dealkylation sites (N-methyl/N-ethyl adjacent to an activating group) is 1. The monoisotopic (exact) mass is 292 g/mol. The number of nitrogens with zero attached hydrogens (tertiary/aromatic N) is 2. The van der Waals surface area contributed by atoms with Gasteiger partial charge in [-0.05, 0) is 51.9 Å². The number of carbonyl (C=O) groups excluding carboxylic acids is 1. The van der Waals surface area contributed by atoms with Crippen LogP contribution in [0.2, 0.25) is 0 Å². The average Bonchev–Trinajstić information content (AvgIpc) is 2.85. The maximum Gasteiger partial charge on any atom is 0.176 e. The highest BCUT2D eigenvalue weighted by Crippen LogP contribution is 2.19. The Bertz CT molecular complexity index is 444. The minimum atomic E-state index is 0.239. The summed E-state index contributed by atoms with van der Waals surface area (Å²) in [7, 11) is 4.19. The van der Waals surface area contributed by atoms with Gasteiger partial charge in [-0.25, -0.2) is 0 Å². The van der Waals surface area contributed by atoms with Crippen LogP contribution in [-0.2, 0) is 0 Å². The number of rotatable bonds is 6. The summed E-state index contributed by atoms with van der Waals surface area (Å²) in [5, 5.41) is 0. The van der Waals surface area contributed by atoms with Gasteiger partial charge in [-0.2, -0.15) is 0 Å².